The molecule has 1 aromatic heterocycles. The molecule has 1 N–H and O–H groups in total. The van der Waals surface area contributed by atoms with Gasteiger partial charge in [-0.25, -0.2) is 9.18 Å². The first-order chi connectivity index (χ1) is 10.0. The van der Waals surface area contributed by atoms with Crippen molar-refractivity contribution in [2.75, 3.05) is 0 Å². The smallest absolute Gasteiger partial charge is 0.400 e. The zero-order valence-corrected chi connectivity index (χ0v) is 11.1. The Hall–Kier alpha value is -2.60. The van der Waals surface area contributed by atoms with E-state index in [2.05, 4.69) is 4.98 Å². The number of oxazole rings is 1. The molecule has 106 valence electrons. The van der Waals surface area contributed by atoms with Crippen molar-refractivity contribution in [3.8, 4) is 11.8 Å². The van der Waals surface area contributed by atoms with Crippen LogP contribution >= 0.6 is 11.6 Å². The van der Waals surface area contributed by atoms with Crippen LogP contribution in [-0.4, -0.2) is 16.1 Å². The number of hydrogen-bond acceptors (Lipinski definition) is 4. The molecular formula is C14H7ClFNO4. The third kappa shape index (κ3) is 2.66. The van der Waals surface area contributed by atoms with Crippen LogP contribution in [0.4, 0.5) is 4.39 Å². The van der Waals surface area contributed by atoms with Crippen LogP contribution in [0, 0.1) is 5.82 Å². The van der Waals surface area contributed by atoms with E-state index in [1.54, 1.807) is 0 Å². The fourth-order valence-corrected chi connectivity index (χ4v) is 1.84. The number of hydrogen-bond donors (Lipinski definition) is 1. The van der Waals surface area contributed by atoms with Gasteiger partial charge in [0, 0.05) is 6.07 Å². The van der Waals surface area contributed by atoms with Gasteiger partial charge >= 0.3 is 12.0 Å². The molecule has 3 aromatic rings. The number of carboxylic acid groups (broad SMARTS) is 1. The number of halogens is 2. The third-order valence-corrected chi connectivity index (χ3v) is 3.02. The van der Waals surface area contributed by atoms with E-state index >= 15 is 0 Å². The molecule has 0 amide bonds. The Morgan fingerprint density at radius 2 is 2.10 bits per heavy atom. The fraction of sp³-hybridized carbons (Fsp3) is 0. The topological polar surface area (TPSA) is 72.6 Å². The van der Waals surface area contributed by atoms with Gasteiger partial charge in [-0.05, 0) is 30.3 Å². The molecule has 5 nitrogen and oxygen atoms in total. The van der Waals surface area contributed by atoms with Crippen molar-refractivity contribution in [1.82, 2.24) is 4.98 Å². The second-order valence-electron chi connectivity index (χ2n) is 4.15. The van der Waals surface area contributed by atoms with Crippen LogP contribution in [0.1, 0.15) is 10.4 Å². The number of aromatic carboxylic acids is 1. The summed E-state index contributed by atoms with van der Waals surface area (Å²) in [5.74, 6) is -1.53. The van der Waals surface area contributed by atoms with Crippen LogP contribution in [0.15, 0.2) is 40.8 Å². The number of rotatable bonds is 3. The van der Waals surface area contributed by atoms with E-state index in [0.717, 1.165) is 6.07 Å². The van der Waals surface area contributed by atoms with Gasteiger partial charge in [0.2, 0.25) is 0 Å². The van der Waals surface area contributed by atoms with Crippen molar-refractivity contribution >= 4 is 28.7 Å². The summed E-state index contributed by atoms with van der Waals surface area (Å²) in [6, 6.07) is 8.14. The van der Waals surface area contributed by atoms with Crippen molar-refractivity contribution < 1.29 is 23.4 Å². The minimum Gasteiger partial charge on any atom is -0.478 e. The maximum atomic E-state index is 13.3. The molecule has 0 spiro atoms. The predicted octanol–water partition coefficient (Wildman–Crippen LogP) is 4.11. The Bertz CT molecular complexity index is 846. The van der Waals surface area contributed by atoms with Crippen LogP contribution in [-0.2, 0) is 0 Å². The van der Waals surface area contributed by atoms with Crippen molar-refractivity contribution in [2.24, 2.45) is 0 Å². The van der Waals surface area contributed by atoms with Crippen molar-refractivity contribution in [3.05, 3.63) is 52.8 Å². The summed E-state index contributed by atoms with van der Waals surface area (Å²) in [7, 11) is 0. The largest absolute Gasteiger partial charge is 0.478 e. The van der Waals surface area contributed by atoms with Gasteiger partial charge < -0.3 is 14.3 Å². The maximum absolute atomic E-state index is 13.3. The first kappa shape index (κ1) is 13.4. The average Bonchev–Trinajstić information content (AvgIpc) is 2.84. The molecule has 0 bridgehead atoms. The quantitative estimate of drug-likeness (QED) is 0.788. The van der Waals surface area contributed by atoms with Gasteiger partial charge in [-0.1, -0.05) is 11.6 Å². The van der Waals surface area contributed by atoms with E-state index in [9.17, 15) is 9.18 Å². The second-order valence-corrected chi connectivity index (χ2v) is 4.55. The highest BCUT2D eigenvalue weighted by molar-refractivity contribution is 6.30. The summed E-state index contributed by atoms with van der Waals surface area (Å²) >= 11 is 5.57. The molecule has 0 saturated heterocycles. The molecule has 21 heavy (non-hydrogen) atoms. The van der Waals surface area contributed by atoms with E-state index in [0.29, 0.717) is 5.52 Å². The zero-order chi connectivity index (χ0) is 15.0. The second kappa shape index (κ2) is 5.06. The molecule has 0 aliphatic rings. The van der Waals surface area contributed by atoms with Gasteiger partial charge in [0.15, 0.2) is 5.58 Å². The van der Waals surface area contributed by atoms with Crippen LogP contribution in [0.25, 0.3) is 11.1 Å². The fourth-order valence-electron chi connectivity index (χ4n) is 1.72. The van der Waals surface area contributed by atoms with Gasteiger partial charge in [0.05, 0.1) is 10.6 Å². The van der Waals surface area contributed by atoms with Crippen molar-refractivity contribution in [2.45, 2.75) is 0 Å². The van der Waals surface area contributed by atoms with Gasteiger partial charge in [-0.15, -0.1) is 0 Å². The molecule has 7 heteroatoms. The molecule has 0 atom stereocenters. The molecule has 0 saturated carbocycles. The van der Waals surface area contributed by atoms with Crippen LogP contribution in [0.5, 0.6) is 11.8 Å². The summed E-state index contributed by atoms with van der Waals surface area (Å²) in [4.78, 5) is 14.9. The number of ether oxygens (including phenoxy) is 1. The lowest BCUT2D eigenvalue weighted by molar-refractivity contribution is 0.0697. The molecule has 2 aromatic carbocycles. The number of aromatic nitrogens is 1. The Morgan fingerprint density at radius 1 is 1.29 bits per heavy atom. The number of benzene rings is 2. The van der Waals surface area contributed by atoms with E-state index in [1.807, 2.05) is 0 Å². The molecule has 3 rings (SSSR count). The van der Waals surface area contributed by atoms with Gasteiger partial charge in [0.25, 0.3) is 0 Å². The highest BCUT2D eigenvalue weighted by Crippen LogP contribution is 2.28. The summed E-state index contributed by atoms with van der Waals surface area (Å²) < 4.78 is 23.9. The third-order valence-electron chi connectivity index (χ3n) is 2.71. The number of fused-ring (bicyclic) bond motifs is 1. The molecule has 0 aliphatic carbocycles. The zero-order valence-electron chi connectivity index (χ0n) is 10.3. The lowest BCUT2D eigenvalue weighted by Crippen LogP contribution is -1.94. The Morgan fingerprint density at radius 3 is 2.81 bits per heavy atom. The van der Waals surface area contributed by atoms with Gasteiger partial charge in [-0.3, -0.25) is 0 Å². The lowest BCUT2D eigenvalue weighted by Gasteiger charge is -2.00. The molecule has 0 radical (unpaired) electrons. The summed E-state index contributed by atoms with van der Waals surface area (Å²) in [5.41, 5.74) is 0.770. The van der Waals surface area contributed by atoms with Crippen molar-refractivity contribution in [3.63, 3.8) is 0 Å². The monoisotopic (exact) mass is 307 g/mol. The van der Waals surface area contributed by atoms with Crippen LogP contribution < -0.4 is 4.74 Å². The SMILES string of the molecule is O=C(O)c1ccc2nc(Oc3ccc(Cl)c(F)c3)oc2c1. The number of nitrogens with zero attached hydrogens (tertiary/aromatic N) is 1. The first-order valence-electron chi connectivity index (χ1n) is 5.80. The first-order valence-corrected chi connectivity index (χ1v) is 6.17. The molecule has 0 unspecified atom stereocenters. The van der Waals surface area contributed by atoms with Gasteiger partial charge in [-0.2, -0.15) is 4.98 Å². The summed E-state index contributed by atoms with van der Waals surface area (Å²) in [6.45, 7) is 0. The summed E-state index contributed by atoms with van der Waals surface area (Å²) in [5, 5.41) is 8.87. The predicted molar refractivity (Wildman–Crippen MR) is 72.5 cm³/mol. The minimum absolute atomic E-state index is 0.0222. The molecular weight excluding hydrogens is 301 g/mol. The average molecular weight is 308 g/mol. The van der Waals surface area contributed by atoms with Gasteiger partial charge in [0.1, 0.15) is 17.1 Å². The highest BCUT2D eigenvalue weighted by Gasteiger charge is 2.12. The van der Waals surface area contributed by atoms with E-state index in [1.165, 1.54) is 30.3 Å². The molecule has 0 fully saturated rings. The Balaban J connectivity index is 1.93. The van der Waals surface area contributed by atoms with Crippen molar-refractivity contribution in [1.29, 1.82) is 0 Å². The standard InChI is InChI=1S/C14H7ClFNO4/c15-9-3-2-8(6-10(9)16)20-14-17-11-4-1-7(13(18)19)5-12(11)21-14/h1-6H,(H,18,19). The van der Waals surface area contributed by atoms with E-state index < -0.39 is 11.8 Å². The number of carbonyl (C=O) groups is 1. The Kier molecular flexibility index (Phi) is 3.23. The molecule has 1 heterocycles. The number of carboxylic acids is 1. The molecule has 0 aliphatic heterocycles. The maximum Gasteiger partial charge on any atom is 0.400 e. The highest BCUT2D eigenvalue weighted by atomic mass is 35.5. The normalized spacial score (nSPS) is 10.8. The van der Waals surface area contributed by atoms with E-state index in [4.69, 9.17) is 25.9 Å². The van der Waals surface area contributed by atoms with E-state index in [-0.39, 0.29) is 28.0 Å². The summed E-state index contributed by atoms with van der Waals surface area (Å²) in [6.07, 6.45) is -0.116. The van der Waals surface area contributed by atoms with Crippen LogP contribution in [0.3, 0.4) is 0 Å². The Labute approximate surface area is 122 Å². The lowest BCUT2D eigenvalue weighted by atomic mass is 10.2. The van der Waals surface area contributed by atoms with Crippen LogP contribution in [0.2, 0.25) is 5.02 Å². The minimum atomic E-state index is -1.07.